The molecule has 0 radical (unpaired) electrons. The first kappa shape index (κ1) is 28.4. The van der Waals surface area contributed by atoms with E-state index < -0.39 is 24.3 Å². The lowest BCUT2D eigenvalue weighted by molar-refractivity contribution is -0.137. The van der Waals surface area contributed by atoms with Crippen LogP contribution in [0.1, 0.15) is 25.5 Å². The van der Waals surface area contributed by atoms with Crippen LogP contribution in [0, 0.1) is 0 Å². The van der Waals surface area contributed by atoms with Crippen LogP contribution >= 0.6 is 0 Å². The van der Waals surface area contributed by atoms with Gasteiger partial charge in [0.1, 0.15) is 24.2 Å². The van der Waals surface area contributed by atoms with E-state index in [2.05, 4.69) is 5.32 Å². The second-order valence-corrected chi connectivity index (χ2v) is 7.50. The number of rotatable bonds is 13. The normalized spacial score (nSPS) is 13.1. The number of carbonyl (C=O) groups is 2. The first-order valence-electron chi connectivity index (χ1n) is 11.4. The molecule has 0 aliphatic heterocycles. The summed E-state index contributed by atoms with van der Waals surface area (Å²) in [4.78, 5) is 24.4. The SMILES string of the molecule is CCOC(=O)/C=C/C=C(\C)[C@H](OC)[C@@H](OC(=O)Nc1ccc(OC)cc1)c1ccc(OCCO)cc1. The Morgan fingerprint density at radius 3 is 2.28 bits per heavy atom. The Balaban J connectivity index is 2.28. The number of aliphatic hydroxyl groups is 1. The van der Waals surface area contributed by atoms with Crippen molar-refractivity contribution in [3.63, 3.8) is 0 Å². The van der Waals surface area contributed by atoms with Gasteiger partial charge in [0, 0.05) is 18.9 Å². The molecule has 2 aromatic carbocycles. The Labute approximate surface area is 211 Å². The summed E-state index contributed by atoms with van der Waals surface area (Å²) in [6.07, 6.45) is 2.39. The lowest BCUT2D eigenvalue weighted by Gasteiger charge is -2.27. The molecule has 0 saturated carbocycles. The number of hydrogen-bond acceptors (Lipinski definition) is 8. The predicted octanol–water partition coefficient (Wildman–Crippen LogP) is 4.44. The van der Waals surface area contributed by atoms with E-state index in [4.69, 9.17) is 28.8 Å². The van der Waals surface area contributed by atoms with Gasteiger partial charge in [-0.3, -0.25) is 5.32 Å². The standard InChI is InChI=1S/C27H33NO8/c1-5-34-24(30)8-6-7-19(2)25(33-4)26(20-9-13-23(14-10-20)35-18-17-29)36-27(31)28-21-11-15-22(32-3)16-12-21/h6-16,25-26,29H,5,17-18H2,1-4H3,(H,28,31)/b8-6+,19-7+/t25-,26-/m0/s1. The second-order valence-electron chi connectivity index (χ2n) is 7.50. The fraction of sp³-hybridized carbons (Fsp3) is 0.333. The zero-order chi connectivity index (χ0) is 26.3. The van der Waals surface area contributed by atoms with Crippen LogP contribution in [-0.4, -0.2) is 57.3 Å². The molecule has 2 rings (SSSR count). The van der Waals surface area contributed by atoms with Crippen LogP contribution in [0.3, 0.4) is 0 Å². The minimum atomic E-state index is -0.826. The summed E-state index contributed by atoms with van der Waals surface area (Å²) in [6.45, 7) is 3.88. The van der Waals surface area contributed by atoms with Gasteiger partial charge >= 0.3 is 12.1 Å². The molecule has 0 spiro atoms. The van der Waals surface area contributed by atoms with Crippen molar-refractivity contribution >= 4 is 17.7 Å². The first-order chi connectivity index (χ1) is 17.4. The molecule has 0 saturated heterocycles. The maximum atomic E-state index is 12.8. The van der Waals surface area contributed by atoms with Crippen molar-refractivity contribution in [3.8, 4) is 11.5 Å². The number of esters is 1. The summed E-state index contributed by atoms with van der Waals surface area (Å²) in [5.74, 6) is 0.764. The van der Waals surface area contributed by atoms with E-state index in [1.54, 1.807) is 81.6 Å². The van der Waals surface area contributed by atoms with E-state index in [0.717, 1.165) is 0 Å². The van der Waals surface area contributed by atoms with Crippen molar-refractivity contribution in [2.45, 2.75) is 26.1 Å². The van der Waals surface area contributed by atoms with Gasteiger partial charge < -0.3 is 28.8 Å². The molecule has 2 aromatic rings. The number of allylic oxidation sites excluding steroid dienone is 2. The number of anilines is 1. The molecule has 2 atom stereocenters. The molecule has 0 aliphatic carbocycles. The van der Waals surface area contributed by atoms with Crippen LogP contribution in [0.25, 0.3) is 0 Å². The van der Waals surface area contributed by atoms with Crippen molar-refractivity contribution < 1.29 is 38.4 Å². The number of benzene rings is 2. The molecule has 0 aliphatic rings. The average Bonchev–Trinajstić information content (AvgIpc) is 2.88. The fourth-order valence-electron chi connectivity index (χ4n) is 3.27. The number of nitrogens with one attached hydrogen (secondary N) is 1. The Hall–Kier alpha value is -3.82. The van der Waals surface area contributed by atoms with Crippen LogP contribution in [0.5, 0.6) is 11.5 Å². The average molecular weight is 500 g/mol. The van der Waals surface area contributed by atoms with Gasteiger partial charge in [-0.1, -0.05) is 24.3 Å². The lowest BCUT2D eigenvalue weighted by Crippen LogP contribution is -2.29. The lowest BCUT2D eigenvalue weighted by atomic mass is 9.98. The Kier molecular flexibility index (Phi) is 12.0. The van der Waals surface area contributed by atoms with Crippen molar-refractivity contribution in [2.24, 2.45) is 0 Å². The summed E-state index contributed by atoms with van der Waals surface area (Å²) in [6, 6.07) is 13.8. The van der Waals surface area contributed by atoms with Crippen LogP contribution in [0.15, 0.2) is 72.3 Å². The molecule has 194 valence electrons. The Bertz CT molecular complexity index is 1020. The molecule has 9 heteroatoms. The molecule has 9 nitrogen and oxygen atoms in total. The van der Waals surface area contributed by atoms with E-state index in [0.29, 0.717) is 28.3 Å². The molecule has 2 N–H and O–H groups in total. The monoisotopic (exact) mass is 499 g/mol. The maximum absolute atomic E-state index is 12.8. The maximum Gasteiger partial charge on any atom is 0.412 e. The molecule has 0 heterocycles. The molecule has 0 bridgehead atoms. The highest BCUT2D eigenvalue weighted by Gasteiger charge is 2.28. The predicted molar refractivity (Wildman–Crippen MR) is 135 cm³/mol. The van der Waals surface area contributed by atoms with E-state index in [1.807, 2.05) is 0 Å². The number of carbonyl (C=O) groups excluding carboxylic acids is 2. The molecular formula is C27H33NO8. The van der Waals surface area contributed by atoms with Gasteiger partial charge in [0.15, 0.2) is 6.10 Å². The molecular weight excluding hydrogens is 466 g/mol. The molecule has 0 aromatic heterocycles. The zero-order valence-electron chi connectivity index (χ0n) is 20.9. The molecule has 36 heavy (non-hydrogen) atoms. The van der Waals surface area contributed by atoms with Gasteiger partial charge in [0.25, 0.3) is 0 Å². The third-order valence-corrected chi connectivity index (χ3v) is 4.99. The van der Waals surface area contributed by atoms with Crippen molar-refractivity contribution in [1.82, 2.24) is 0 Å². The second kappa shape index (κ2) is 15.2. The summed E-state index contributed by atoms with van der Waals surface area (Å²) in [7, 11) is 3.07. The third kappa shape index (κ3) is 9.09. The van der Waals surface area contributed by atoms with Gasteiger partial charge in [0.05, 0.1) is 20.3 Å². The van der Waals surface area contributed by atoms with E-state index >= 15 is 0 Å². The number of aliphatic hydroxyl groups excluding tert-OH is 1. The molecule has 0 fully saturated rings. The highest BCUT2D eigenvalue weighted by Crippen LogP contribution is 2.30. The highest BCUT2D eigenvalue weighted by atomic mass is 16.6. The number of methoxy groups -OCH3 is 2. The minimum Gasteiger partial charge on any atom is -0.497 e. The van der Waals surface area contributed by atoms with Crippen LogP contribution < -0.4 is 14.8 Å². The summed E-state index contributed by atoms with van der Waals surface area (Å²) >= 11 is 0. The molecule has 1 amide bonds. The van der Waals surface area contributed by atoms with Gasteiger partial charge in [0.2, 0.25) is 0 Å². The highest BCUT2D eigenvalue weighted by molar-refractivity contribution is 5.85. The smallest absolute Gasteiger partial charge is 0.412 e. The van der Waals surface area contributed by atoms with E-state index in [9.17, 15) is 9.59 Å². The summed E-state index contributed by atoms with van der Waals surface area (Å²) in [5, 5.41) is 11.7. The van der Waals surface area contributed by atoms with E-state index in [-0.39, 0.29) is 19.8 Å². The van der Waals surface area contributed by atoms with Gasteiger partial charge in [-0.25, -0.2) is 9.59 Å². The van der Waals surface area contributed by atoms with Crippen LogP contribution in [0.2, 0.25) is 0 Å². The minimum absolute atomic E-state index is 0.103. The Morgan fingerprint density at radius 2 is 1.69 bits per heavy atom. The Morgan fingerprint density at radius 1 is 1.03 bits per heavy atom. The quantitative estimate of drug-likeness (QED) is 0.236. The summed E-state index contributed by atoms with van der Waals surface area (Å²) < 4.78 is 27.0. The third-order valence-electron chi connectivity index (χ3n) is 4.99. The zero-order valence-corrected chi connectivity index (χ0v) is 20.9. The van der Waals surface area contributed by atoms with Crippen LogP contribution in [-0.2, 0) is 19.0 Å². The van der Waals surface area contributed by atoms with Crippen molar-refractivity contribution in [3.05, 3.63) is 77.9 Å². The van der Waals surface area contributed by atoms with Gasteiger partial charge in [-0.05, 0) is 61.4 Å². The first-order valence-corrected chi connectivity index (χ1v) is 11.4. The fourth-order valence-corrected chi connectivity index (χ4v) is 3.27. The van der Waals surface area contributed by atoms with Crippen molar-refractivity contribution in [2.75, 3.05) is 39.4 Å². The van der Waals surface area contributed by atoms with Gasteiger partial charge in [-0.2, -0.15) is 0 Å². The summed E-state index contributed by atoms with van der Waals surface area (Å²) in [5.41, 5.74) is 1.90. The van der Waals surface area contributed by atoms with Gasteiger partial charge in [-0.15, -0.1) is 0 Å². The number of ether oxygens (including phenoxy) is 5. The number of amides is 1. The molecule has 0 unspecified atom stereocenters. The van der Waals surface area contributed by atoms with Crippen LogP contribution in [0.4, 0.5) is 10.5 Å². The number of hydrogen-bond donors (Lipinski definition) is 2. The van der Waals surface area contributed by atoms with E-state index in [1.165, 1.54) is 13.2 Å². The largest absolute Gasteiger partial charge is 0.497 e. The van der Waals surface area contributed by atoms with Crippen molar-refractivity contribution in [1.29, 1.82) is 0 Å². The topological polar surface area (TPSA) is 113 Å².